The predicted octanol–water partition coefficient (Wildman–Crippen LogP) is -2.71. The third kappa shape index (κ3) is 4.06. The molecule has 1 aromatic rings. The number of fused-ring (bicyclic) bond motifs is 1. The van der Waals surface area contributed by atoms with Gasteiger partial charge >= 0.3 is 26.2 Å². The molecule has 0 spiro atoms. The molecule has 0 N–H and O–H groups in total. The van der Waals surface area contributed by atoms with E-state index in [0.29, 0.717) is 5.92 Å². The van der Waals surface area contributed by atoms with Crippen LogP contribution in [-0.2, 0) is 32.6 Å². The first kappa shape index (κ1) is 17.8. The molecule has 0 unspecified atom stereocenters. The van der Waals surface area contributed by atoms with Crippen LogP contribution < -0.4 is 24.8 Å². The van der Waals surface area contributed by atoms with E-state index >= 15 is 0 Å². The van der Waals surface area contributed by atoms with Crippen molar-refractivity contribution in [2.45, 2.75) is 20.3 Å². The van der Waals surface area contributed by atoms with Crippen molar-refractivity contribution >= 4 is 6.08 Å². The van der Waals surface area contributed by atoms with Gasteiger partial charge in [-0.15, -0.1) is 0 Å². The fraction of sp³-hybridized carbons (Fsp3) is 0.333. The quantitative estimate of drug-likeness (QED) is 0.528. The monoisotopic (exact) mass is 318 g/mol. The minimum Gasteiger partial charge on any atom is -1.00 e. The van der Waals surface area contributed by atoms with Crippen LogP contribution in [0.5, 0.6) is 0 Å². The van der Waals surface area contributed by atoms with E-state index < -0.39 is 0 Å². The first-order chi connectivity index (χ1) is 5.77. The Kier molecular flexibility index (Phi) is 9.09. The van der Waals surface area contributed by atoms with Gasteiger partial charge in [-0.25, -0.2) is 0 Å². The van der Waals surface area contributed by atoms with Crippen molar-refractivity contribution < 1.29 is 51.0 Å². The van der Waals surface area contributed by atoms with E-state index in [1.807, 2.05) is 0 Å². The van der Waals surface area contributed by atoms with Gasteiger partial charge in [0.2, 0.25) is 0 Å². The molecule has 0 aromatic heterocycles. The van der Waals surface area contributed by atoms with Gasteiger partial charge in [-0.3, -0.25) is 0 Å². The van der Waals surface area contributed by atoms with Crippen molar-refractivity contribution in [2.75, 3.05) is 0 Å². The SMILES string of the molecule is CC(C)C1=Cc2ccccc2C1.[Cl-].[Cl-].[Zr+2]. The van der Waals surface area contributed by atoms with Gasteiger partial charge in [-0.1, -0.05) is 49.8 Å². The number of hydrogen-bond donors (Lipinski definition) is 0. The van der Waals surface area contributed by atoms with E-state index in [1.165, 1.54) is 11.1 Å². The molecule has 1 aliphatic rings. The van der Waals surface area contributed by atoms with Crippen molar-refractivity contribution in [3.63, 3.8) is 0 Å². The number of halogens is 2. The fourth-order valence-electron chi connectivity index (χ4n) is 1.68. The van der Waals surface area contributed by atoms with Crippen LogP contribution in [0, 0.1) is 5.92 Å². The molecular formula is C12H14Cl2Zr. The van der Waals surface area contributed by atoms with E-state index in [0.717, 1.165) is 6.42 Å². The Morgan fingerprint density at radius 1 is 1.07 bits per heavy atom. The summed E-state index contributed by atoms with van der Waals surface area (Å²) < 4.78 is 0. The minimum atomic E-state index is 0. The Morgan fingerprint density at radius 2 is 1.67 bits per heavy atom. The Labute approximate surface area is 123 Å². The number of benzene rings is 1. The average molecular weight is 320 g/mol. The summed E-state index contributed by atoms with van der Waals surface area (Å²) in [5.74, 6) is 0.692. The summed E-state index contributed by atoms with van der Waals surface area (Å²) in [6.07, 6.45) is 3.49. The Bertz CT molecular complexity index is 332. The molecular weight excluding hydrogens is 306 g/mol. The smallest absolute Gasteiger partial charge is 1.00 e. The molecule has 0 bridgehead atoms. The summed E-state index contributed by atoms with van der Waals surface area (Å²) in [6.45, 7) is 4.52. The summed E-state index contributed by atoms with van der Waals surface area (Å²) in [4.78, 5) is 0. The van der Waals surface area contributed by atoms with Crippen molar-refractivity contribution in [2.24, 2.45) is 5.92 Å². The molecule has 80 valence electrons. The Hall–Kier alpha value is 0.423. The Morgan fingerprint density at radius 3 is 2.20 bits per heavy atom. The first-order valence-electron chi connectivity index (χ1n) is 4.56. The molecule has 0 nitrogen and oxygen atoms in total. The molecule has 0 saturated heterocycles. The van der Waals surface area contributed by atoms with Crippen LogP contribution in [0.2, 0.25) is 0 Å². The second kappa shape index (κ2) is 7.66. The number of rotatable bonds is 1. The third-order valence-electron chi connectivity index (χ3n) is 2.53. The molecule has 1 aliphatic carbocycles. The molecule has 1 aromatic carbocycles. The summed E-state index contributed by atoms with van der Waals surface area (Å²) in [5.41, 5.74) is 4.47. The van der Waals surface area contributed by atoms with Crippen molar-refractivity contribution in [1.82, 2.24) is 0 Å². The van der Waals surface area contributed by atoms with Crippen LogP contribution in [0.3, 0.4) is 0 Å². The summed E-state index contributed by atoms with van der Waals surface area (Å²) in [7, 11) is 0. The van der Waals surface area contributed by atoms with Gasteiger partial charge in [-0.05, 0) is 23.5 Å². The van der Waals surface area contributed by atoms with Gasteiger partial charge in [0.25, 0.3) is 0 Å². The van der Waals surface area contributed by atoms with Gasteiger partial charge < -0.3 is 24.8 Å². The maximum atomic E-state index is 2.33. The van der Waals surface area contributed by atoms with Crippen molar-refractivity contribution in [3.8, 4) is 0 Å². The summed E-state index contributed by atoms with van der Waals surface area (Å²) >= 11 is 0. The molecule has 15 heavy (non-hydrogen) atoms. The zero-order chi connectivity index (χ0) is 8.55. The maximum Gasteiger partial charge on any atom is 2.00 e. The van der Waals surface area contributed by atoms with E-state index in [4.69, 9.17) is 0 Å². The second-order valence-electron chi connectivity index (χ2n) is 3.75. The third-order valence-corrected chi connectivity index (χ3v) is 2.53. The van der Waals surface area contributed by atoms with Crippen molar-refractivity contribution in [3.05, 3.63) is 41.0 Å². The maximum absolute atomic E-state index is 2.33. The van der Waals surface area contributed by atoms with Gasteiger partial charge in [0.1, 0.15) is 0 Å². The first-order valence-corrected chi connectivity index (χ1v) is 4.56. The van der Waals surface area contributed by atoms with Crippen LogP contribution in [0.1, 0.15) is 25.0 Å². The van der Waals surface area contributed by atoms with Crippen LogP contribution in [0.15, 0.2) is 29.8 Å². The number of allylic oxidation sites excluding steroid dienone is 1. The molecule has 2 rings (SSSR count). The van der Waals surface area contributed by atoms with E-state index in [1.54, 1.807) is 5.57 Å². The van der Waals surface area contributed by atoms with Gasteiger partial charge in [-0.2, -0.15) is 0 Å². The van der Waals surface area contributed by atoms with E-state index in [2.05, 4.69) is 44.2 Å². The second-order valence-corrected chi connectivity index (χ2v) is 3.75. The zero-order valence-electron chi connectivity index (χ0n) is 8.93. The number of hydrogen-bond acceptors (Lipinski definition) is 0. The molecule has 0 fully saturated rings. The molecule has 0 amide bonds. The zero-order valence-corrected chi connectivity index (χ0v) is 12.9. The molecule has 0 saturated carbocycles. The standard InChI is InChI=1S/C12H14.2ClH.Zr/c1-9(2)12-7-10-5-3-4-6-11(10)8-12;;;/h3-7,9H,8H2,1-2H3;2*1H;/q;;;+2/p-2. The molecule has 0 heterocycles. The summed E-state index contributed by atoms with van der Waals surface area (Å²) in [6, 6.07) is 8.65. The average Bonchev–Trinajstić information content (AvgIpc) is 2.46. The normalized spacial score (nSPS) is 11.8. The Balaban J connectivity index is 0. The minimum absolute atomic E-state index is 0. The van der Waals surface area contributed by atoms with Crippen LogP contribution in [0.4, 0.5) is 0 Å². The fourth-order valence-corrected chi connectivity index (χ4v) is 1.68. The molecule has 0 radical (unpaired) electrons. The van der Waals surface area contributed by atoms with Gasteiger partial charge in [0, 0.05) is 0 Å². The molecule has 0 atom stereocenters. The van der Waals surface area contributed by atoms with Gasteiger partial charge in [0.15, 0.2) is 0 Å². The van der Waals surface area contributed by atoms with Gasteiger partial charge in [0.05, 0.1) is 0 Å². The van der Waals surface area contributed by atoms with Crippen molar-refractivity contribution in [1.29, 1.82) is 0 Å². The summed E-state index contributed by atoms with van der Waals surface area (Å²) in [5, 5.41) is 0. The van der Waals surface area contributed by atoms with Crippen LogP contribution in [0.25, 0.3) is 6.08 Å². The van der Waals surface area contributed by atoms with E-state index in [9.17, 15) is 0 Å². The molecule has 3 heteroatoms. The largest absolute Gasteiger partial charge is 2.00 e. The molecule has 0 aliphatic heterocycles. The topological polar surface area (TPSA) is 0 Å². The van der Waals surface area contributed by atoms with Crippen LogP contribution >= 0.6 is 0 Å². The van der Waals surface area contributed by atoms with E-state index in [-0.39, 0.29) is 51.0 Å². The van der Waals surface area contributed by atoms with Crippen LogP contribution in [-0.4, -0.2) is 0 Å². The predicted molar refractivity (Wildman–Crippen MR) is 53.0 cm³/mol.